The maximum absolute atomic E-state index is 13.8. The quantitative estimate of drug-likeness (QED) is 0.562. The zero-order valence-corrected chi connectivity index (χ0v) is 21.8. The van der Waals surface area contributed by atoms with E-state index in [0.717, 1.165) is 42.0 Å². The van der Waals surface area contributed by atoms with Crippen LogP contribution >= 0.6 is 0 Å². The zero-order chi connectivity index (χ0) is 24.7. The molecule has 7 rings (SSSR count). The lowest BCUT2D eigenvalue weighted by Crippen LogP contribution is -2.66. The molecule has 6 atom stereocenters. The molecular weight excluding hydrogens is 450 g/mol. The molecule has 3 saturated carbocycles. The summed E-state index contributed by atoms with van der Waals surface area (Å²) in [5.41, 5.74) is 1.16. The molecule has 2 aromatic rings. The zero-order valence-electron chi connectivity index (χ0n) is 21.8. The Morgan fingerprint density at radius 3 is 2.19 bits per heavy atom. The van der Waals surface area contributed by atoms with Crippen LogP contribution in [0.3, 0.4) is 0 Å². The van der Waals surface area contributed by atoms with Crippen LogP contribution in [0.1, 0.15) is 82.2 Å². The topological polar surface area (TPSA) is 64.4 Å². The first kappa shape index (κ1) is 22.9. The van der Waals surface area contributed by atoms with Crippen molar-refractivity contribution < 1.29 is 9.53 Å². The summed E-state index contributed by atoms with van der Waals surface area (Å²) < 4.78 is 7.13. The van der Waals surface area contributed by atoms with Crippen LogP contribution in [-0.2, 0) is 4.74 Å². The number of rotatable bonds is 4. The summed E-state index contributed by atoms with van der Waals surface area (Å²) in [4.78, 5) is 33.9. The van der Waals surface area contributed by atoms with E-state index in [9.17, 15) is 9.59 Å². The van der Waals surface area contributed by atoms with Gasteiger partial charge in [0, 0.05) is 24.2 Å². The minimum absolute atomic E-state index is 0.0724. The van der Waals surface area contributed by atoms with Gasteiger partial charge in [0.1, 0.15) is 0 Å². The molecule has 2 saturated heterocycles. The van der Waals surface area contributed by atoms with Gasteiger partial charge in [-0.1, -0.05) is 26.0 Å². The van der Waals surface area contributed by atoms with Crippen LogP contribution in [0, 0.1) is 35.5 Å². The van der Waals surface area contributed by atoms with Crippen LogP contribution < -0.4 is 5.56 Å². The molecule has 5 aliphatic rings. The van der Waals surface area contributed by atoms with Gasteiger partial charge in [0.05, 0.1) is 17.6 Å². The third kappa shape index (κ3) is 3.28. The summed E-state index contributed by atoms with van der Waals surface area (Å²) in [6.07, 6.45) is 8.94. The summed E-state index contributed by atoms with van der Waals surface area (Å²) in [6.45, 7) is 6.85. The van der Waals surface area contributed by atoms with Gasteiger partial charge in [0.2, 0.25) is 5.69 Å². The Bertz CT molecular complexity index is 1220. The molecule has 192 valence electrons. The lowest BCUT2D eigenvalue weighted by Gasteiger charge is -2.66. The average molecular weight is 490 g/mol. The lowest BCUT2D eigenvalue weighted by atomic mass is 9.43. The predicted octanol–water partition coefficient (Wildman–Crippen LogP) is 5.06. The minimum Gasteiger partial charge on any atom is -0.461 e. The van der Waals surface area contributed by atoms with Gasteiger partial charge < -0.3 is 9.30 Å². The summed E-state index contributed by atoms with van der Waals surface area (Å²) in [7, 11) is 0. The summed E-state index contributed by atoms with van der Waals surface area (Å²) in [6, 6.07) is 9.54. The molecule has 5 fully saturated rings. The van der Waals surface area contributed by atoms with Crippen LogP contribution in [-0.4, -0.2) is 45.2 Å². The number of benzene rings is 1. The smallest absolute Gasteiger partial charge is 0.362 e. The van der Waals surface area contributed by atoms with Crippen LogP contribution in [0.5, 0.6) is 0 Å². The molecule has 1 aromatic carbocycles. The highest BCUT2D eigenvalue weighted by atomic mass is 16.5. The van der Waals surface area contributed by atoms with E-state index in [-0.39, 0.29) is 23.9 Å². The van der Waals surface area contributed by atoms with Gasteiger partial charge in [0.25, 0.3) is 5.56 Å². The second kappa shape index (κ2) is 8.41. The molecule has 6 heteroatoms. The first-order valence-corrected chi connectivity index (χ1v) is 14.4. The number of ether oxygens (including phenoxy) is 1. The highest BCUT2D eigenvalue weighted by Gasteiger charge is 2.59. The van der Waals surface area contributed by atoms with E-state index >= 15 is 0 Å². The van der Waals surface area contributed by atoms with E-state index in [1.54, 1.807) is 6.92 Å². The van der Waals surface area contributed by atoms with E-state index < -0.39 is 5.97 Å². The maximum Gasteiger partial charge on any atom is 0.362 e. The number of aromatic nitrogens is 2. The van der Waals surface area contributed by atoms with Crippen molar-refractivity contribution in [2.24, 2.45) is 35.5 Å². The molecule has 3 heterocycles. The van der Waals surface area contributed by atoms with Gasteiger partial charge in [-0.3, -0.25) is 9.69 Å². The Morgan fingerprint density at radius 2 is 1.56 bits per heavy atom. The molecule has 0 radical (unpaired) electrons. The molecule has 1 aromatic heterocycles. The van der Waals surface area contributed by atoms with E-state index in [2.05, 4.69) is 23.7 Å². The fraction of sp³-hybridized carbons (Fsp3) is 0.700. The molecule has 6 unspecified atom stereocenters. The van der Waals surface area contributed by atoms with Crippen molar-refractivity contribution in [3.8, 4) is 0 Å². The summed E-state index contributed by atoms with van der Waals surface area (Å²) in [5.74, 6) is 4.66. The van der Waals surface area contributed by atoms with Crippen LogP contribution in [0.4, 0.5) is 0 Å². The van der Waals surface area contributed by atoms with Crippen LogP contribution in [0.15, 0.2) is 29.1 Å². The highest BCUT2D eigenvalue weighted by Crippen LogP contribution is 2.64. The van der Waals surface area contributed by atoms with Gasteiger partial charge in [-0.05, 0) is 99.5 Å². The second-order valence-electron chi connectivity index (χ2n) is 12.7. The monoisotopic (exact) mass is 489 g/mol. The van der Waals surface area contributed by atoms with Crippen molar-refractivity contribution in [1.82, 2.24) is 14.5 Å². The number of piperidine rings is 2. The standard InChI is InChI=1S/C30H39N3O3/c1-4-36-30(35)28-29(34)33(24-8-6-5-7-23(24)31-28)22-14-25-16(2)9-17(3)26(15-22)32(25)21-12-19-10-18-11-20(13-21)27(18)19/h5-8,16-22,25-27H,4,9-15H2,1-3H3. The maximum atomic E-state index is 13.8. The molecule has 0 amide bonds. The number of carbonyl (C=O) groups is 1. The van der Waals surface area contributed by atoms with Crippen molar-refractivity contribution in [3.05, 3.63) is 40.3 Å². The highest BCUT2D eigenvalue weighted by molar-refractivity contribution is 5.89. The fourth-order valence-corrected chi connectivity index (χ4v) is 9.51. The Kier molecular flexibility index (Phi) is 5.36. The predicted molar refractivity (Wildman–Crippen MR) is 139 cm³/mol. The molecule has 3 aliphatic carbocycles. The summed E-state index contributed by atoms with van der Waals surface area (Å²) in [5, 5.41) is 0. The number of para-hydroxylation sites is 2. The first-order valence-electron chi connectivity index (χ1n) is 14.4. The van der Waals surface area contributed by atoms with E-state index in [0.29, 0.717) is 35.5 Å². The second-order valence-corrected chi connectivity index (χ2v) is 12.7. The number of hydrogen-bond acceptors (Lipinski definition) is 5. The van der Waals surface area contributed by atoms with Crippen molar-refractivity contribution in [1.29, 1.82) is 0 Å². The Labute approximate surface area is 213 Å². The largest absolute Gasteiger partial charge is 0.461 e. The van der Waals surface area contributed by atoms with Crippen molar-refractivity contribution in [3.63, 3.8) is 0 Å². The first-order chi connectivity index (χ1) is 17.4. The van der Waals surface area contributed by atoms with Crippen molar-refractivity contribution in [2.75, 3.05) is 6.61 Å². The van der Waals surface area contributed by atoms with Gasteiger partial charge in [-0.25, -0.2) is 9.78 Å². The van der Waals surface area contributed by atoms with E-state index in [1.807, 2.05) is 28.8 Å². The fourth-order valence-electron chi connectivity index (χ4n) is 9.51. The molecular formula is C30H39N3O3. The lowest BCUT2D eigenvalue weighted by molar-refractivity contribution is -0.169. The van der Waals surface area contributed by atoms with Gasteiger partial charge in [-0.2, -0.15) is 0 Å². The number of fused-ring (bicyclic) bond motifs is 3. The van der Waals surface area contributed by atoms with E-state index in [1.165, 1.54) is 32.1 Å². The Balaban J connectivity index is 1.26. The van der Waals surface area contributed by atoms with Gasteiger partial charge >= 0.3 is 5.97 Å². The third-order valence-electron chi connectivity index (χ3n) is 10.9. The van der Waals surface area contributed by atoms with Crippen LogP contribution in [0.2, 0.25) is 0 Å². The van der Waals surface area contributed by atoms with E-state index in [4.69, 9.17) is 4.74 Å². The molecule has 0 spiro atoms. The van der Waals surface area contributed by atoms with Crippen molar-refractivity contribution in [2.45, 2.75) is 89.9 Å². The van der Waals surface area contributed by atoms with Gasteiger partial charge in [0.15, 0.2) is 0 Å². The minimum atomic E-state index is -0.613. The molecule has 6 nitrogen and oxygen atoms in total. The third-order valence-corrected chi connectivity index (χ3v) is 10.9. The average Bonchev–Trinajstić information content (AvgIpc) is 2.83. The Hall–Kier alpha value is -2.21. The normalized spacial score (nSPS) is 41.2. The summed E-state index contributed by atoms with van der Waals surface area (Å²) >= 11 is 0. The number of hydrogen-bond donors (Lipinski definition) is 0. The number of nitrogens with zero attached hydrogens (tertiary/aromatic N) is 3. The molecule has 0 N–H and O–H groups in total. The van der Waals surface area contributed by atoms with Crippen molar-refractivity contribution >= 4 is 17.0 Å². The Morgan fingerprint density at radius 1 is 0.917 bits per heavy atom. The molecule has 2 aliphatic heterocycles. The van der Waals surface area contributed by atoms with Gasteiger partial charge in [-0.15, -0.1) is 0 Å². The number of carbonyl (C=O) groups excluding carboxylic acids is 1. The molecule has 36 heavy (non-hydrogen) atoms. The SMILES string of the molecule is CCOC(=O)c1nc2ccccc2n(C2CC3C(C)CC(C)C(C2)N3C2CC3CC4CC(C2)C43)c1=O. The number of esters is 1. The molecule has 2 bridgehead atoms. The van der Waals surface area contributed by atoms with Crippen LogP contribution in [0.25, 0.3) is 11.0 Å².